The Labute approximate surface area is 119 Å². The van der Waals surface area contributed by atoms with Gasteiger partial charge in [0.1, 0.15) is 0 Å². The molecule has 2 nitrogen and oxygen atoms in total. The summed E-state index contributed by atoms with van der Waals surface area (Å²) in [4.78, 5) is 2.71. The molecule has 1 aliphatic carbocycles. The van der Waals surface area contributed by atoms with Gasteiger partial charge in [-0.05, 0) is 39.0 Å². The molecule has 2 atom stereocenters. The summed E-state index contributed by atoms with van der Waals surface area (Å²) in [5.41, 5.74) is 1.45. The van der Waals surface area contributed by atoms with Crippen molar-refractivity contribution in [3.05, 3.63) is 11.6 Å². The minimum absolute atomic E-state index is 0.732. The molecule has 1 saturated carbocycles. The molecular formula is C17H32N2. The van der Waals surface area contributed by atoms with Crippen LogP contribution in [-0.2, 0) is 0 Å². The Morgan fingerprint density at radius 2 is 1.95 bits per heavy atom. The average Bonchev–Trinajstić information content (AvgIpc) is 2.45. The largest absolute Gasteiger partial charge is 0.311 e. The van der Waals surface area contributed by atoms with E-state index >= 15 is 0 Å². The second-order valence-electron chi connectivity index (χ2n) is 6.71. The van der Waals surface area contributed by atoms with Gasteiger partial charge >= 0.3 is 0 Å². The van der Waals surface area contributed by atoms with Crippen LogP contribution in [0.3, 0.4) is 0 Å². The molecule has 0 amide bonds. The van der Waals surface area contributed by atoms with Crippen molar-refractivity contribution < 1.29 is 0 Å². The maximum absolute atomic E-state index is 3.85. The van der Waals surface area contributed by atoms with Crippen molar-refractivity contribution in [2.24, 2.45) is 5.92 Å². The molecule has 2 unspecified atom stereocenters. The molecule has 1 heterocycles. The van der Waals surface area contributed by atoms with Crippen LogP contribution in [-0.4, -0.2) is 36.6 Å². The van der Waals surface area contributed by atoms with Crippen LogP contribution in [0.4, 0.5) is 0 Å². The molecule has 0 bridgehead atoms. The maximum atomic E-state index is 3.85. The lowest BCUT2D eigenvalue weighted by Gasteiger charge is -2.43. The quantitative estimate of drug-likeness (QED) is 0.781. The summed E-state index contributed by atoms with van der Waals surface area (Å²) in [5.74, 6) is 0.931. The van der Waals surface area contributed by atoms with Gasteiger partial charge in [0.15, 0.2) is 0 Å². The molecule has 0 aromatic heterocycles. The number of piperazine rings is 1. The van der Waals surface area contributed by atoms with Crippen LogP contribution in [0.15, 0.2) is 11.6 Å². The zero-order valence-electron chi connectivity index (χ0n) is 13.1. The predicted molar refractivity (Wildman–Crippen MR) is 83.4 cm³/mol. The first kappa shape index (κ1) is 15.1. The smallest absolute Gasteiger partial charge is 0.0224 e. The molecule has 1 N–H and O–H groups in total. The van der Waals surface area contributed by atoms with E-state index < -0.39 is 0 Å². The van der Waals surface area contributed by atoms with Gasteiger partial charge in [-0.3, -0.25) is 4.90 Å². The summed E-state index contributed by atoms with van der Waals surface area (Å²) in [6.07, 6.45) is 10.9. The summed E-state index contributed by atoms with van der Waals surface area (Å²) in [6.45, 7) is 10.3. The number of rotatable bonds is 4. The minimum Gasteiger partial charge on any atom is -0.311 e. The highest BCUT2D eigenvalue weighted by Crippen LogP contribution is 2.28. The SMILES string of the molecule is CCC1CNC(C2CCCCC2)CN1CC=C(C)C. The Kier molecular flexibility index (Phi) is 5.90. The monoisotopic (exact) mass is 264 g/mol. The first-order chi connectivity index (χ1) is 9.20. The molecule has 1 saturated heterocycles. The summed E-state index contributed by atoms with van der Waals surface area (Å²) in [6, 6.07) is 1.48. The fourth-order valence-electron chi connectivity index (χ4n) is 3.66. The standard InChI is InChI=1S/C17H32N2/c1-4-16-12-18-17(15-8-6-5-7-9-15)13-19(16)11-10-14(2)3/h10,15-18H,4-9,11-13H2,1-3H3. The van der Waals surface area contributed by atoms with E-state index in [0.29, 0.717) is 0 Å². The Bertz CT molecular complexity index is 288. The number of nitrogens with one attached hydrogen (secondary N) is 1. The lowest BCUT2D eigenvalue weighted by molar-refractivity contribution is 0.104. The minimum atomic E-state index is 0.732. The van der Waals surface area contributed by atoms with Gasteiger partial charge in [-0.1, -0.05) is 37.8 Å². The van der Waals surface area contributed by atoms with Crippen LogP contribution in [0.2, 0.25) is 0 Å². The van der Waals surface area contributed by atoms with Crippen molar-refractivity contribution in [2.75, 3.05) is 19.6 Å². The lowest BCUT2D eigenvalue weighted by atomic mass is 9.82. The molecule has 2 aliphatic rings. The molecule has 110 valence electrons. The Morgan fingerprint density at radius 1 is 1.21 bits per heavy atom. The zero-order chi connectivity index (χ0) is 13.7. The molecule has 19 heavy (non-hydrogen) atoms. The third kappa shape index (κ3) is 4.32. The van der Waals surface area contributed by atoms with Crippen molar-refractivity contribution in [1.29, 1.82) is 0 Å². The normalized spacial score (nSPS) is 30.3. The topological polar surface area (TPSA) is 15.3 Å². The van der Waals surface area contributed by atoms with Gasteiger partial charge < -0.3 is 5.32 Å². The molecule has 0 aromatic rings. The van der Waals surface area contributed by atoms with E-state index in [4.69, 9.17) is 0 Å². The van der Waals surface area contributed by atoms with Crippen molar-refractivity contribution >= 4 is 0 Å². The average molecular weight is 264 g/mol. The van der Waals surface area contributed by atoms with Gasteiger partial charge in [0.05, 0.1) is 0 Å². The van der Waals surface area contributed by atoms with Crippen LogP contribution in [0.1, 0.15) is 59.3 Å². The lowest BCUT2D eigenvalue weighted by Crippen LogP contribution is -2.58. The van der Waals surface area contributed by atoms with Gasteiger partial charge in [-0.25, -0.2) is 0 Å². The van der Waals surface area contributed by atoms with Crippen LogP contribution < -0.4 is 5.32 Å². The van der Waals surface area contributed by atoms with Gasteiger partial charge in [-0.2, -0.15) is 0 Å². The molecule has 0 spiro atoms. The fraction of sp³-hybridized carbons (Fsp3) is 0.882. The van der Waals surface area contributed by atoms with Crippen LogP contribution in [0.5, 0.6) is 0 Å². The van der Waals surface area contributed by atoms with Crippen LogP contribution >= 0.6 is 0 Å². The highest BCUT2D eigenvalue weighted by molar-refractivity contribution is 4.98. The van der Waals surface area contributed by atoms with Crippen LogP contribution in [0, 0.1) is 5.92 Å². The second kappa shape index (κ2) is 7.44. The van der Waals surface area contributed by atoms with Crippen molar-refractivity contribution in [2.45, 2.75) is 71.4 Å². The van der Waals surface area contributed by atoms with Gasteiger partial charge in [0, 0.05) is 31.7 Å². The molecular weight excluding hydrogens is 232 g/mol. The molecule has 0 radical (unpaired) electrons. The van der Waals surface area contributed by atoms with Gasteiger partial charge in [0.25, 0.3) is 0 Å². The van der Waals surface area contributed by atoms with E-state index in [1.54, 1.807) is 0 Å². The Morgan fingerprint density at radius 3 is 2.58 bits per heavy atom. The Balaban J connectivity index is 1.92. The number of hydrogen-bond acceptors (Lipinski definition) is 2. The third-order valence-corrected chi connectivity index (χ3v) is 4.99. The molecule has 2 fully saturated rings. The highest BCUT2D eigenvalue weighted by Gasteiger charge is 2.31. The van der Waals surface area contributed by atoms with Crippen molar-refractivity contribution in [3.8, 4) is 0 Å². The molecule has 0 aromatic carbocycles. The first-order valence-electron chi connectivity index (χ1n) is 8.31. The van der Waals surface area contributed by atoms with Crippen molar-refractivity contribution in [3.63, 3.8) is 0 Å². The summed E-state index contributed by atoms with van der Waals surface area (Å²) < 4.78 is 0. The maximum Gasteiger partial charge on any atom is 0.0224 e. The molecule has 1 aliphatic heterocycles. The summed E-state index contributed by atoms with van der Waals surface area (Å²) in [5, 5.41) is 3.85. The second-order valence-corrected chi connectivity index (χ2v) is 6.71. The molecule has 2 heteroatoms. The van der Waals surface area contributed by atoms with E-state index in [9.17, 15) is 0 Å². The van der Waals surface area contributed by atoms with Gasteiger partial charge in [-0.15, -0.1) is 0 Å². The zero-order valence-corrected chi connectivity index (χ0v) is 13.1. The van der Waals surface area contributed by atoms with E-state index in [1.807, 2.05) is 0 Å². The molecule has 2 rings (SSSR count). The van der Waals surface area contributed by atoms with E-state index in [1.165, 1.54) is 57.2 Å². The van der Waals surface area contributed by atoms with E-state index in [2.05, 4.69) is 37.1 Å². The fourth-order valence-corrected chi connectivity index (χ4v) is 3.66. The summed E-state index contributed by atoms with van der Waals surface area (Å²) in [7, 11) is 0. The van der Waals surface area contributed by atoms with E-state index in [-0.39, 0.29) is 0 Å². The van der Waals surface area contributed by atoms with Crippen molar-refractivity contribution in [1.82, 2.24) is 10.2 Å². The summed E-state index contributed by atoms with van der Waals surface area (Å²) >= 11 is 0. The first-order valence-corrected chi connectivity index (χ1v) is 8.31. The van der Waals surface area contributed by atoms with E-state index in [0.717, 1.165) is 24.5 Å². The Hall–Kier alpha value is -0.340. The third-order valence-electron chi connectivity index (χ3n) is 4.99. The van der Waals surface area contributed by atoms with Crippen LogP contribution in [0.25, 0.3) is 0 Å². The number of allylic oxidation sites excluding steroid dienone is 1. The number of nitrogens with zero attached hydrogens (tertiary/aromatic N) is 1. The predicted octanol–water partition coefficient (Wildman–Crippen LogP) is 3.59. The highest BCUT2D eigenvalue weighted by atomic mass is 15.2. The van der Waals surface area contributed by atoms with Gasteiger partial charge in [0.2, 0.25) is 0 Å². The number of hydrogen-bond donors (Lipinski definition) is 1.